The van der Waals surface area contributed by atoms with Crippen molar-refractivity contribution in [2.24, 2.45) is 11.8 Å². The van der Waals surface area contributed by atoms with Crippen molar-refractivity contribution in [3.8, 4) is 5.75 Å². The molecule has 2 aromatic carbocycles. The molecule has 7 heteroatoms. The number of benzene rings is 2. The largest absolute Gasteiger partial charge is 0.496 e. The van der Waals surface area contributed by atoms with Crippen molar-refractivity contribution in [2.75, 3.05) is 51.7 Å². The van der Waals surface area contributed by atoms with Crippen LogP contribution in [0.1, 0.15) is 47.8 Å². The SMILES string of the molecule is COc1cccc2[nH]c(C(=O)N3CCC(C(O)CN4CCC5(CNc6cc(C)ccc65)C(C)C4)CC3)cc12. The minimum Gasteiger partial charge on any atom is -0.496 e. The van der Waals surface area contributed by atoms with E-state index in [1.165, 1.54) is 16.8 Å². The first-order chi connectivity index (χ1) is 18.4. The molecule has 1 aromatic heterocycles. The van der Waals surface area contributed by atoms with Crippen molar-refractivity contribution in [1.29, 1.82) is 0 Å². The van der Waals surface area contributed by atoms with Crippen molar-refractivity contribution >= 4 is 22.5 Å². The molecule has 3 aliphatic heterocycles. The fraction of sp³-hybridized carbons (Fsp3) is 0.516. The molecule has 0 aliphatic carbocycles. The maximum Gasteiger partial charge on any atom is 0.270 e. The van der Waals surface area contributed by atoms with Gasteiger partial charge >= 0.3 is 0 Å². The number of rotatable bonds is 5. The number of nitrogens with zero attached hydrogens (tertiary/aromatic N) is 2. The summed E-state index contributed by atoms with van der Waals surface area (Å²) in [4.78, 5) is 20.8. The zero-order valence-corrected chi connectivity index (χ0v) is 22.8. The Morgan fingerprint density at radius 1 is 1.18 bits per heavy atom. The van der Waals surface area contributed by atoms with Crippen molar-refractivity contribution in [3.05, 3.63) is 59.3 Å². The van der Waals surface area contributed by atoms with Gasteiger partial charge < -0.3 is 29.9 Å². The molecule has 7 nitrogen and oxygen atoms in total. The fourth-order valence-corrected chi connectivity index (χ4v) is 7.16. The number of likely N-dealkylation sites (tertiary alicyclic amines) is 2. The summed E-state index contributed by atoms with van der Waals surface area (Å²) in [6.07, 6.45) is 2.43. The first kappa shape index (κ1) is 25.3. The molecule has 2 fully saturated rings. The second-order valence-electron chi connectivity index (χ2n) is 11.8. The lowest BCUT2D eigenvalue weighted by Crippen LogP contribution is -2.52. The molecule has 3 N–H and O–H groups in total. The molecular formula is C31H40N4O3. The van der Waals surface area contributed by atoms with Gasteiger partial charge in [0.15, 0.2) is 0 Å². The van der Waals surface area contributed by atoms with Gasteiger partial charge in [0.2, 0.25) is 0 Å². The maximum atomic E-state index is 13.2. The molecule has 6 rings (SSSR count). The number of nitrogens with one attached hydrogen (secondary N) is 2. The van der Waals surface area contributed by atoms with Crippen molar-refractivity contribution in [2.45, 2.75) is 44.6 Å². The zero-order valence-electron chi connectivity index (χ0n) is 22.8. The van der Waals surface area contributed by atoms with Crippen LogP contribution in [0.4, 0.5) is 5.69 Å². The van der Waals surface area contributed by atoms with Crippen LogP contribution >= 0.6 is 0 Å². The number of carbonyl (C=O) groups is 1. The summed E-state index contributed by atoms with van der Waals surface area (Å²) in [5.74, 6) is 1.53. The topological polar surface area (TPSA) is 80.8 Å². The van der Waals surface area contributed by atoms with Crippen LogP contribution in [0.2, 0.25) is 0 Å². The van der Waals surface area contributed by atoms with Crippen LogP contribution in [0.3, 0.4) is 0 Å². The predicted molar refractivity (Wildman–Crippen MR) is 151 cm³/mol. The molecule has 1 spiro atoms. The van der Waals surface area contributed by atoms with Crippen LogP contribution in [-0.2, 0) is 5.41 Å². The number of hydrogen-bond acceptors (Lipinski definition) is 5. The van der Waals surface area contributed by atoms with Gasteiger partial charge in [0.05, 0.1) is 13.2 Å². The molecule has 1 amide bonds. The summed E-state index contributed by atoms with van der Waals surface area (Å²) >= 11 is 0. The van der Waals surface area contributed by atoms with E-state index < -0.39 is 0 Å². The number of hydrogen-bond donors (Lipinski definition) is 3. The minimum atomic E-state index is -0.359. The lowest BCUT2D eigenvalue weighted by Gasteiger charge is -2.46. The van der Waals surface area contributed by atoms with Gasteiger partial charge in [0, 0.05) is 54.7 Å². The number of ether oxygens (including phenoxy) is 1. The Kier molecular flexibility index (Phi) is 6.60. The number of fused-ring (bicyclic) bond motifs is 3. The van der Waals surface area contributed by atoms with E-state index in [1.54, 1.807) is 7.11 Å². The molecule has 0 saturated carbocycles. The Morgan fingerprint density at radius 3 is 2.76 bits per heavy atom. The number of carbonyl (C=O) groups excluding carboxylic acids is 1. The summed E-state index contributed by atoms with van der Waals surface area (Å²) < 4.78 is 5.44. The maximum absolute atomic E-state index is 13.2. The normalized spacial score (nSPS) is 24.9. The van der Waals surface area contributed by atoms with Crippen molar-refractivity contribution in [1.82, 2.24) is 14.8 Å². The van der Waals surface area contributed by atoms with Crippen LogP contribution in [0, 0.1) is 18.8 Å². The first-order valence-electron chi connectivity index (χ1n) is 14.1. The van der Waals surface area contributed by atoms with E-state index >= 15 is 0 Å². The molecule has 3 atom stereocenters. The van der Waals surface area contributed by atoms with Gasteiger partial charge in [0.1, 0.15) is 11.4 Å². The number of H-pyrrole nitrogens is 1. The molecule has 2 saturated heterocycles. The Bertz CT molecular complexity index is 1330. The number of aromatic amines is 1. The summed E-state index contributed by atoms with van der Waals surface area (Å²) in [6, 6.07) is 14.5. The van der Waals surface area contributed by atoms with E-state index in [2.05, 4.69) is 47.2 Å². The number of amides is 1. The number of aryl methyl sites for hydroxylation is 1. The Balaban J connectivity index is 1.03. The third-order valence-electron chi connectivity index (χ3n) is 9.55. The highest BCUT2D eigenvalue weighted by Gasteiger charge is 2.46. The van der Waals surface area contributed by atoms with Crippen molar-refractivity contribution in [3.63, 3.8) is 0 Å². The van der Waals surface area contributed by atoms with Gasteiger partial charge in [-0.1, -0.05) is 25.1 Å². The Morgan fingerprint density at radius 2 is 2.00 bits per heavy atom. The predicted octanol–water partition coefficient (Wildman–Crippen LogP) is 4.40. The first-order valence-corrected chi connectivity index (χ1v) is 14.1. The van der Waals surface area contributed by atoms with Crippen LogP contribution < -0.4 is 10.1 Å². The smallest absolute Gasteiger partial charge is 0.270 e. The van der Waals surface area contributed by atoms with E-state index in [4.69, 9.17) is 4.74 Å². The third kappa shape index (κ3) is 4.35. The molecule has 202 valence electrons. The van der Waals surface area contributed by atoms with E-state index in [1.807, 2.05) is 29.2 Å². The van der Waals surface area contributed by atoms with E-state index in [9.17, 15) is 9.90 Å². The second kappa shape index (κ2) is 9.93. The molecule has 0 radical (unpaired) electrons. The molecule has 3 unspecified atom stereocenters. The molecule has 3 aromatic rings. The molecule has 3 aliphatic rings. The minimum absolute atomic E-state index is 0.0204. The highest BCUT2D eigenvalue weighted by Crippen LogP contribution is 2.47. The van der Waals surface area contributed by atoms with Gasteiger partial charge in [-0.25, -0.2) is 0 Å². The van der Waals surface area contributed by atoms with Gasteiger partial charge in [0.25, 0.3) is 5.91 Å². The van der Waals surface area contributed by atoms with Gasteiger partial charge in [-0.15, -0.1) is 0 Å². The van der Waals surface area contributed by atoms with Crippen LogP contribution in [-0.4, -0.2) is 78.3 Å². The number of piperidine rings is 2. The van der Waals surface area contributed by atoms with E-state index in [-0.39, 0.29) is 23.3 Å². The van der Waals surface area contributed by atoms with Crippen LogP contribution in [0.5, 0.6) is 5.75 Å². The van der Waals surface area contributed by atoms with Crippen LogP contribution in [0.15, 0.2) is 42.5 Å². The standard InChI is InChI=1S/C31H40N4O3/c1-20-7-8-24-26(15-20)32-19-31(24)11-14-34(17-21(31)2)18-28(36)22-9-12-35(13-10-22)30(37)27-16-23-25(33-27)5-4-6-29(23)38-3/h4-8,15-16,21-22,28,32-33,36H,9-14,17-19H2,1-3H3. The molecular weight excluding hydrogens is 476 g/mol. The molecule has 0 bridgehead atoms. The second-order valence-corrected chi connectivity index (χ2v) is 11.8. The highest BCUT2D eigenvalue weighted by atomic mass is 16.5. The lowest BCUT2D eigenvalue weighted by molar-refractivity contribution is 0.0110. The number of aromatic nitrogens is 1. The number of aliphatic hydroxyl groups is 1. The Hall–Kier alpha value is -3.03. The van der Waals surface area contributed by atoms with Gasteiger partial charge in [-0.05, 0) is 80.0 Å². The zero-order chi connectivity index (χ0) is 26.4. The van der Waals surface area contributed by atoms with Gasteiger partial charge in [-0.3, -0.25) is 4.79 Å². The highest BCUT2D eigenvalue weighted by molar-refractivity contribution is 5.99. The molecule has 38 heavy (non-hydrogen) atoms. The number of anilines is 1. The summed E-state index contributed by atoms with van der Waals surface area (Å²) in [7, 11) is 1.65. The Labute approximate surface area is 225 Å². The van der Waals surface area contributed by atoms with E-state index in [0.29, 0.717) is 24.7 Å². The molecule has 4 heterocycles. The van der Waals surface area contributed by atoms with E-state index in [0.717, 1.165) is 62.1 Å². The third-order valence-corrected chi connectivity index (χ3v) is 9.55. The average Bonchev–Trinajstić information content (AvgIpc) is 3.52. The fourth-order valence-electron chi connectivity index (χ4n) is 7.16. The summed E-state index contributed by atoms with van der Waals surface area (Å²) in [6.45, 7) is 9.63. The van der Waals surface area contributed by atoms with Crippen LogP contribution in [0.25, 0.3) is 10.9 Å². The monoisotopic (exact) mass is 516 g/mol. The lowest BCUT2D eigenvalue weighted by atomic mass is 9.67. The quantitative estimate of drug-likeness (QED) is 0.468. The number of β-amino-alcohol motifs (C(OH)–C–C–N with tert-alkyl or cyclic N) is 1. The summed E-state index contributed by atoms with van der Waals surface area (Å²) in [5.41, 5.74) is 5.78. The number of methoxy groups -OCH3 is 1. The van der Waals surface area contributed by atoms with Crippen molar-refractivity contribution < 1.29 is 14.6 Å². The van der Waals surface area contributed by atoms with Gasteiger partial charge in [-0.2, -0.15) is 0 Å². The number of aliphatic hydroxyl groups excluding tert-OH is 1. The average molecular weight is 517 g/mol. The summed E-state index contributed by atoms with van der Waals surface area (Å²) in [5, 5.41) is 15.8.